The zero-order valence-corrected chi connectivity index (χ0v) is 19.2. The molecule has 168 valence electrons. The van der Waals surface area contributed by atoms with Crippen LogP contribution in [0.15, 0.2) is 36.4 Å². The van der Waals surface area contributed by atoms with Gasteiger partial charge in [-0.25, -0.2) is 0 Å². The lowest BCUT2D eigenvalue weighted by Gasteiger charge is -2.35. The van der Waals surface area contributed by atoms with E-state index in [0.717, 1.165) is 24.4 Å². The molecule has 31 heavy (non-hydrogen) atoms. The Balaban J connectivity index is 1.77. The normalized spacial score (nSPS) is 15.2. The van der Waals surface area contributed by atoms with Crippen molar-refractivity contribution in [2.75, 3.05) is 40.5 Å². The van der Waals surface area contributed by atoms with Crippen LogP contribution in [0.4, 0.5) is 0 Å². The fourth-order valence-electron chi connectivity index (χ4n) is 3.94. The molecule has 1 aliphatic rings. The van der Waals surface area contributed by atoms with E-state index in [9.17, 15) is 4.79 Å². The predicted molar refractivity (Wildman–Crippen MR) is 123 cm³/mol. The molecule has 1 aliphatic heterocycles. The first-order valence-corrected chi connectivity index (χ1v) is 11.1. The molecule has 3 rings (SSSR count). The van der Waals surface area contributed by atoms with Crippen molar-refractivity contribution in [1.29, 1.82) is 0 Å². The summed E-state index contributed by atoms with van der Waals surface area (Å²) >= 11 is 6.34. The summed E-state index contributed by atoms with van der Waals surface area (Å²) in [5.41, 5.74) is 1.60. The van der Waals surface area contributed by atoms with Crippen LogP contribution in [0.5, 0.6) is 17.2 Å². The molecule has 1 N–H and O–H groups in total. The molecule has 0 aromatic heterocycles. The van der Waals surface area contributed by atoms with E-state index in [2.05, 4.69) is 22.3 Å². The molecular weight excluding hydrogens is 416 g/mol. The lowest BCUT2D eigenvalue weighted by atomic mass is 10.0. The summed E-state index contributed by atoms with van der Waals surface area (Å²) in [7, 11) is 3.19. The highest BCUT2D eigenvalue weighted by molar-refractivity contribution is 6.32. The van der Waals surface area contributed by atoms with Crippen molar-refractivity contribution in [2.45, 2.75) is 32.2 Å². The number of methoxy groups -OCH3 is 2. The maximum absolute atomic E-state index is 12.9. The highest BCUT2D eigenvalue weighted by Crippen LogP contribution is 2.36. The van der Waals surface area contributed by atoms with Gasteiger partial charge < -0.3 is 19.5 Å². The Morgan fingerprint density at radius 2 is 1.81 bits per heavy atom. The van der Waals surface area contributed by atoms with E-state index in [1.807, 2.05) is 19.1 Å². The molecule has 2 aromatic rings. The quantitative estimate of drug-likeness (QED) is 0.604. The lowest BCUT2D eigenvalue weighted by molar-refractivity contribution is 0.0924. The van der Waals surface area contributed by atoms with Crippen molar-refractivity contribution in [1.82, 2.24) is 10.2 Å². The van der Waals surface area contributed by atoms with E-state index in [4.69, 9.17) is 25.8 Å². The number of ether oxygens (including phenoxy) is 3. The molecule has 1 amide bonds. The number of nitrogens with one attached hydrogen (secondary N) is 1. The fourth-order valence-corrected chi connectivity index (χ4v) is 4.21. The van der Waals surface area contributed by atoms with Crippen molar-refractivity contribution < 1.29 is 19.0 Å². The van der Waals surface area contributed by atoms with Gasteiger partial charge in [0.1, 0.15) is 5.75 Å². The zero-order chi connectivity index (χ0) is 22.2. The summed E-state index contributed by atoms with van der Waals surface area (Å²) in [6, 6.07) is 11.4. The SMILES string of the molecule is CCOc1c(Cl)cc(C(=O)NCC(c2ccc(OC)cc2)N2CCCCC2)cc1OC. The summed E-state index contributed by atoms with van der Waals surface area (Å²) < 4.78 is 16.2. The second-order valence-corrected chi connectivity index (χ2v) is 7.93. The van der Waals surface area contributed by atoms with E-state index in [1.165, 1.54) is 26.4 Å². The fraction of sp³-hybridized carbons (Fsp3) is 0.458. The summed E-state index contributed by atoms with van der Waals surface area (Å²) in [6.45, 7) is 4.88. The molecule has 1 fully saturated rings. The number of benzene rings is 2. The number of hydrogen-bond acceptors (Lipinski definition) is 5. The van der Waals surface area contributed by atoms with Crippen molar-refractivity contribution in [3.8, 4) is 17.2 Å². The molecule has 7 heteroatoms. The standard InChI is InChI=1S/C24H31ClN2O4/c1-4-31-23-20(25)14-18(15-22(23)30-3)24(28)26-16-21(27-12-6-5-7-13-27)17-8-10-19(29-2)11-9-17/h8-11,14-15,21H,4-7,12-13,16H2,1-3H3,(H,26,28). The second-order valence-electron chi connectivity index (χ2n) is 7.52. The van der Waals surface area contributed by atoms with Gasteiger partial charge in [0.25, 0.3) is 5.91 Å². The molecule has 0 radical (unpaired) electrons. The maximum Gasteiger partial charge on any atom is 0.251 e. The van der Waals surface area contributed by atoms with Crippen molar-refractivity contribution in [3.63, 3.8) is 0 Å². The average Bonchev–Trinajstić information content (AvgIpc) is 2.81. The summed E-state index contributed by atoms with van der Waals surface area (Å²) in [4.78, 5) is 15.4. The number of hydrogen-bond donors (Lipinski definition) is 1. The number of likely N-dealkylation sites (tertiary alicyclic amines) is 1. The molecule has 0 aliphatic carbocycles. The van der Waals surface area contributed by atoms with Crippen LogP contribution in [-0.2, 0) is 0 Å². The minimum Gasteiger partial charge on any atom is -0.497 e. The van der Waals surface area contributed by atoms with Gasteiger partial charge >= 0.3 is 0 Å². The monoisotopic (exact) mass is 446 g/mol. The van der Waals surface area contributed by atoms with Gasteiger partial charge in [-0.2, -0.15) is 0 Å². The molecule has 6 nitrogen and oxygen atoms in total. The Labute approximate surface area is 189 Å². The van der Waals surface area contributed by atoms with Crippen LogP contribution in [0.1, 0.15) is 48.1 Å². The minimum absolute atomic E-state index is 0.0928. The summed E-state index contributed by atoms with van der Waals surface area (Å²) in [5, 5.41) is 3.44. The van der Waals surface area contributed by atoms with E-state index < -0.39 is 0 Å². The van der Waals surface area contributed by atoms with Gasteiger partial charge in [0, 0.05) is 12.1 Å². The van der Waals surface area contributed by atoms with Crippen LogP contribution in [0.25, 0.3) is 0 Å². The van der Waals surface area contributed by atoms with Crippen LogP contribution in [-0.4, -0.2) is 51.3 Å². The molecule has 0 spiro atoms. The van der Waals surface area contributed by atoms with E-state index in [1.54, 1.807) is 19.2 Å². The average molecular weight is 447 g/mol. The van der Waals surface area contributed by atoms with Gasteiger partial charge in [-0.1, -0.05) is 30.2 Å². The molecule has 2 aromatic carbocycles. The third-order valence-corrected chi connectivity index (χ3v) is 5.85. The minimum atomic E-state index is -0.196. The highest BCUT2D eigenvalue weighted by atomic mass is 35.5. The molecule has 1 unspecified atom stereocenters. The molecule has 1 saturated heterocycles. The van der Waals surface area contributed by atoms with E-state index in [-0.39, 0.29) is 11.9 Å². The van der Waals surface area contributed by atoms with Gasteiger partial charge in [0.2, 0.25) is 0 Å². The first-order chi connectivity index (χ1) is 15.1. The van der Waals surface area contributed by atoms with Crippen LogP contribution < -0.4 is 19.5 Å². The largest absolute Gasteiger partial charge is 0.497 e. The zero-order valence-electron chi connectivity index (χ0n) is 18.4. The van der Waals surface area contributed by atoms with Crippen molar-refractivity contribution >= 4 is 17.5 Å². The first-order valence-electron chi connectivity index (χ1n) is 10.7. The second kappa shape index (κ2) is 11.3. The number of amides is 1. The van der Waals surface area contributed by atoms with Crippen molar-refractivity contribution in [2.24, 2.45) is 0 Å². The summed E-state index contributed by atoms with van der Waals surface area (Å²) in [5.74, 6) is 1.52. The van der Waals surface area contributed by atoms with E-state index in [0.29, 0.717) is 35.2 Å². The smallest absolute Gasteiger partial charge is 0.251 e. The number of carbonyl (C=O) groups excluding carboxylic acids is 1. The topological polar surface area (TPSA) is 60.0 Å². The number of rotatable bonds is 9. The van der Waals surface area contributed by atoms with E-state index >= 15 is 0 Å². The predicted octanol–water partition coefficient (Wildman–Crippen LogP) is 4.71. The number of carbonyl (C=O) groups is 1. The first kappa shape index (κ1) is 23.2. The Morgan fingerprint density at radius 3 is 2.42 bits per heavy atom. The van der Waals surface area contributed by atoms with Gasteiger partial charge in [0.15, 0.2) is 11.5 Å². The Kier molecular flexibility index (Phi) is 8.43. The molecule has 1 atom stereocenters. The van der Waals surface area contributed by atoms with Crippen LogP contribution >= 0.6 is 11.6 Å². The molecule has 1 heterocycles. The van der Waals surface area contributed by atoms with Crippen LogP contribution in [0.2, 0.25) is 5.02 Å². The number of piperidine rings is 1. The molecular formula is C24H31ClN2O4. The van der Waals surface area contributed by atoms with Crippen LogP contribution in [0, 0.1) is 0 Å². The van der Waals surface area contributed by atoms with Gasteiger partial charge in [0.05, 0.1) is 31.9 Å². The molecule has 0 saturated carbocycles. The van der Waals surface area contributed by atoms with Crippen LogP contribution in [0.3, 0.4) is 0 Å². The third-order valence-electron chi connectivity index (χ3n) is 5.57. The molecule has 0 bridgehead atoms. The number of nitrogens with zero attached hydrogens (tertiary/aromatic N) is 1. The summed E-state index contributed by atoms with van der Waals surface area (Å²) in [6.07, 6.45) is 3.60. The Hall–Kier alpha value is -2.44. The highest BCUT2D eigenvalue weighted by Gasteiger charge is 2.24. The Morgan fingerprint density at radius 1 is 1.10 bits per heavy atom. The maximum atomic E-state index is 12.9. The third kappa shape index (κ3) is 5.83. The van der Waals surface area contributed by atoms with Gasteiger partial charge in [-0.05, 0) is 62.7 Å². The van der Waals surface area contributed by atoms with Gasteiger partial charge in [-0.3, -0.25) is 9.69 Å². The number of halogens is 1. The lowest BCUT2D eigenvalue weighted by Crippen LogP contribution is -2.40. The Bertz CT molecular complexity index is 867. The van der Waals surface area contributed by atoms with Crippen molar-refractivity contribution in [3.05, 3.63) is 52.5 Å². The van der Waals surface area contributed by atoms with Gasteiger partial charge in [-0.15, -0.1) is 0 Å².